The summed E-state index contributed by atoms with van der Waals surface area (Å²) in [5.74, 6) is 0.135. The second-order valence-corrected chi connectivity index (χ2v) is 5.26. The average Bonchev–Trinajstić information content (AvgIpc) is 2.56. The van der Waals surface area contributed by atoms with Gasteiger partial charge in [-0.15, -0.1) is 24.0 Å². The highest BCUT2D eigenvalue weighted by molar-refractivity contribution is 14.0. The number of nitriles is 1. The van der Waals surface area contributed by atoms with Crippen molar-refractivity contribution in [3.63, 3.8) is 0 Å². The van der Waals surface area contributed by atoms with Crippen molar-refractivity contribution >= 4 is 41.5 Å². The number of aliphatic imine (C=N–C) groups is 1. The van der Waals surface area contributed by atoms with Gasteiger partial charge >= 0.3 is 0 Å². The second kappa shape index (κ2) is 10.1. The van der Waals surface area contributed by atoms with Crippen LogP contribution < -0.4 is 10.6 Å². The summed E-state index contributed by atoms with van der Waals surface area (Å²) < 4.78 is 13.8. The molecule has 0 bridgehead atoms. The molecule has 0 atom stereocenters. The molecule has 0 heterocycles. The zero-order valence-electron chi connectivity index (χ0n) is 13.0. The molecule has 24 heavy (non-hydrogen) atoms. The third kappa shape index (κ3) is 5.98. The Kier molecular flexibility index (Phi) is 8.50. The molecule has 0 unspecified atom stereocenters. The van der Waals surface area contributed by atoms with E-state index in [1.807, 2.05) is 30.3 Å². The zero-order chi connectivity index (χ0) is 16.7. The minimum Gasteiger partial charge on any atom is -0.352 e. The van der Waals surface area contributed by atoms with Gasteiger partial charge in [0.05, 0.1) is 11.6 Å². The number of hydrogen-bond acceptors (Lipinski definition) is 2. The van der Waals surface area contributed by atoms with E-state index in [1.54, 1.807) is 19.2 Å². The number of halogens is 3. The maximum absolute atomic E-state index is 13.8. The molecule has 4 nitrogen and oxygen atoms in total. The van der Waals surface area contributed by atoms with E-state index in [0.29, 0.717) is 28.7 Å². The lowest BCUT2D eigenvalue weighted by molar-refractivity contribution is 0.604. The van der Waals surface area contributed by atoms with Gasteiger partial charge in [0.15, 0.2) is 5.96 Å². The Hall–Kier alpha value is -1.85. The Morgan fingerprint density at radius 3 is 2.58 bits per heavy atom. The summed E-state index contributed by atoms with van der Waals surface area (Å²) in [4.78, 5) is 4.09. The van der Waals surface area contributed by atoms with E-state index in [4.69, 9.17) is 16.9 Å². The minimum atomic E-state index is -0.415. The monoisotopic (exact) mass is 458 g/mol. The van der Waals surface area contributed by atoms with Gasteiger partial charge in [-0.3, -0.25) is 4.99 Å². The van der Waals surface area contributed by atoms with Crippen molar-refractivity contribution in [1.29, 1.82) is 5.26 Å². The number of nitrogens with zero attached hydrogens (tertiary/aromatic N) is 2. The fraction of sp³-hybridized carbons (Fsp3) is 0.176. The molecule has 2 N–H and O–H groups in total. The smallest absolute Gasteiger partial charge is 0.191 e. The highest BCUT2D eigenvalue weighted by Gasteiger charge is 2.05. The van der Waals surface area contributed by atoms with Gasteiger partial charge in [-0.1, -0.05) is 29.8 Å². The van der Waals surface area contributed by atoms with Gasteiger partial charge in [-0.05, 0) is 29.8 Å². The molecule has 0 aliphatic rings. The standard InChI is InChI=1S/C17H16ClFN4.HI/c1-21-17(22-10-13-3-2-4-15(18)7-13)23-11-14-6-5-12(9-20)8-16(14)19;/h2-8H,10-11H2,1H3,(H2,21,22,23);1H. The van der Waals surface area contributed by atoms with Crippen LogP contribution in [0.15, 0.2) is 47.5 Å². The molecule has 0 amide bonds. The van der Waals surface area contributed by atoms with E-state index < -0.39 is 5.82 Å². The largest absolute Gasteiger partial charge is 0.352 e. The van der Waals surface area contributed by atoms with Crippen LogP contribution in [0.2, 0.25) is 5.02 Å². The fourth-order valence-corrected chi connectivity index (χ4v) is 2.21. The number of guanidine groups is 1. The lowest BCUT2D eigenvalue weighted by Crippen LogP contribution is -2.36. The molecule has 0 fully saturated rings. The minimum absolute atomic E-state index is 0. The van der Waals surface area contributed by atoms with Crippen LogP contribution in [0.5, 0.6) is 0 Å². The number of rotatable bonds is 4. The third-order valence-electron chi connectivity index (χ3n) is 3.20. The van der Waals surface area contributed by atoms with Gasteiger partial charge < -0.3 is 10.6 Å². The number of benzene rings is 2. The third-order valence-corrected chi connectivity index (χ3v) is 3.44. The molecule has 0 aliphatic carbocycles. The molecule has 2 aromatic rings. The molecule has 0 saturated carbocycles. The number of hydrogen-bond donors (Lipinski definition) is 2. The molecule has 2 rings (SSSR count). The van der Waals surface area contributed by atoms with Crippen LogP contribution >= 0.6 is 35.6 Å². The lowest BCUT2D eigenvalue weighted by Gasteiger charge is -2.12. The van der Waals surface area contributed by atoms with Gasteiger partial charge in [0.1, 0.15) is 5.82 Å². The van der Waals surface area contributed by atoms with Crippen LogP contribution in [0.3, 0.4) is 0 Å². The first-order valence-electron chi connectivity index (χ1n) is 7.00. The Morgan fingerprint density at radius 1 is 1.21 bits per heavy atom. The van der Waals surface area contributed by atoms with Gasteiger partial charge in [-0.2, -0.15) is 5.26 Å². The average molecular weight is 459 g/mol. The van der Waals surface area contributed by atoms with Gasteiger partial charge in [-0.25, -0.2) is 4.39 Å². The Balaban J connectivity index is 0.00000288. The summed E-state index contributed by atoms with van der Waals surface area (Å²) in [6, 6.07) is 13.8. The maximum Gasteiger partial charge on any atom is 0.191 e. The summed E-state index contributed by atoms with van der Waals surface area (Å²) in [5.41, 5.74) is 1.79. The quantitative estimate of drug-likeness (QED) is 0.416. The molecular formula is C17H17ClFIN4. The normalized spacial score (nSPS) is 10.5. The summed E-state index contributed by atoms with van der Waals surface area (Å²) in [7, 11) is 1.64. The molecule has 7 heteroatoms. The van der Waals surface area contributed by atoms with E-state index in [2.05, 4.69) is 15.6 Å². The van der Waals surface area contributed by atoms with Crippen LogP contribution in [0.4, 0.5) is 4.39 Å². The van der Waals surface area contributed by atoms with Crippen LogP contribution in [-0.2, 0) is 13.1 Å². The summed E-state index contributed by atoms with van der Waals surface area (Å²) in [5, 5.41) is 15.6. The van der Waals surface area contributed by atoms with Crippen molar-refractivity contribution in [3.05, 3.63) is 70.0 Å². The first-order valence-corrected chi connectivity index (χ1v) is 7.37. The van der Waals surface area contributed by atoms with Gasteiger partial charge in [0, 0.05) is 30.7 Å². The van der Waals surface area contributed by atoms with E-state index in [1.165, 1.54) is 6.07 Å². The molecular weight excluding hydrogens is 442 g/mol. The predicted octanol–water partition coefficient (Wildman–Crippen LogP) is 3.83. The Bertz CT molecular complexity index is 758. The van der Waals surface area contributed by atoms with Crippen molar-refractivity contribution in [3.8, 4) is 6.07 Å². The van der Waals surface area contributed by atoms with Crippen LogP contribution in [-0.4, -0.2) is 13.0 Å². The maximum atomic E-state index is 13.8. The predicted molar refractivity (Wildman–Crippen MR) is 105 cm³/mol. The highest BCUT2D eigenvalue weighted by Crippen LogP contribution is 2.11. The zero-order valence-corrected chi connectivity index (χ0v) is 16.1. The fourth-order valence-electron chi connectivity index (χ4n) is 1.99. The van der Waals surface area contributed by atoms with E-state index >= 15 is 0 Å². The van der Waals surface area contributed by atoms with Crippen molar-refractivity contribution in [1.82, 2.24) is 10.6 Å². The van der Waals surface area contributed by atoms with Crippen molar-refractivity contribution in [2.24, 2.45) is 4.99 Å². The number of nitrogens with one attached hydrogen (secondary N) is 2. The summed E-state index contributed by atoms with van der Waals surface area (Å²) in [6.45, 7) is 0.822. The molecule has 126 valence electrons. The molecule has 0 saturated heterocycles. The first-order chi connectivity index (χ1) is 11.1. The van der Waals surface area contributed by atoms with Crippen LogP contribution in [0.1, 0.15) is 16.7 Å². The first kappa shape index (κ1) is 20.2. The second-order valence-electron chi connectivity index (χ2n) is 4.83. The summed E-state index contributed by atoms with van der Waals surface area (Å²) in [6.07, 6.45) is 0. The molecule has 0 aliphatic heterocycles. The van der Waals surface area contributed by atoms with Crippen LogP contribution in [0.25, 0.3) is 0 Å². The molecule has 0 radical (unpaired) electrons. The van der Waals surface area contributed by atoms with Crippen molar-refractivity contribution in [2.75, 3.05) is 7.05 Å². The van der Waals surface area contributed by atoms with Crippen molar-refractivity contribution in [2.45, 2.75) is 13.1 Å². The summed E-state index contributed by atoms with van der Waals surface area (Å²) >= 11 is 5.94. The lowest BCUT2D eigenvalue weighted by atomic mass is 10.1. The Labute approximate surface area is 162 Å². The molecule has 0 spiro atoms. The topological polar surface area (TPSA) is 60.2 Å². The van der Waals surface area contributed by atoms with E-state index in [0.717, 1.165) is 5.56 Å². The molecule has 0 aromatic heterocycles. The SMILES string of the molecule is CN=C(NCc1cccc(Cl)c1)NCc1ccc(C#N)cc1F.I. The van der Waals surface area contributed by atoms with E-state index in [-0.39, 0.29) is 30.5 Å². The van der Waals surface area contributed by atoms with Gasteiger partial charge in [0.2, 0.25) is 0 Å². The van der Waals surface area contributed by atoms with Gasteiger partial charge in [0.25, 0.3) is 0 Å². The van der Waals surface area contributed by atoms with Crippen LogP contribution in [0, 0.1) is 17.1 Å². The Morgan fingerprint density at radius 2 is 1.96 bits per heavy atom. The van der Waals surface area contributed by atoms with E-state index in [9.17, 15) is 4.39 Å². The van der Waals surface area contributed by atoms with Crippen molar-refractivity contribution < 1.29 is 4.39 Å². The highest BCUT2D eigenvalue weighted by atomic mass is 127. The molecule has 2 aromatic carbocycles.